The first kappa shape index (κ1) is 12.8. The molecular formula is C13H9ClFN3O2. The molecule has 0 aliphatic rings. The number of nitrogens with zero attached hydrogens (tertiary/aromatic N) is 3. The van der Waals surface area contributed by atoms with Crippen LogP contribution in [0, 0.1) is 5.82 Å². The first-order valence-electron chi connectivity index (χ1n) is 5.75. The predicted octanol–water partition coefficient (Wildman–Crippen LogP) is 2.81. The van der Waals surface area contributed by atoms with Crippen LogP contribution in [0.5, 0.6) is 0 Å². The highest BCUT2D eigenvalue weighted by atomic mass is 35.5. The Kier molecular flexibility index (Phi) is 3.25. The van der Waals surface area contributed by atoms with Crippen molar-refractivity contribution in [3.63, 3.8) is 0 Å². The van der Waals surface area contributed by atoms with Crippen molar-refractivity contribution < 1.29 is 13.9 Å². The highest BCUT2D eigenvalue weighted by Crippen LogP contribution is 2.27. The summed E-state index contributed by atoms with van der Waals surface area (Å²) in [6.07, 6.45) is 1.51. The SMILES string of the molecule is OCc1nnn(-c2ccc(F)c(Cl)c2)c1-c1ccco1. The van der Waals surface area contributed by atoms with Crippen molar-refractivity contribution in [1.29, 1.82) is 0 Å². The van der Waals surface area contributed by atoms with E-state index in [-0.39, 0.29) is 11.6 Å². The van der Waals surface area contributed by atoms with Gasteiger partial charge in [0.1, 0.15) is 17.2 Å². The molecule has 2 aromatic heterocycles. The second kappa shape index (κ2) is 5.07. The zero-order valence-corrected chi connectivity index (χ0v) is 10.9. The molecule has 0 aliphatic carbocycles. The van der Waals surface area contributed by atoms with Crippen LogP contribution in [-0.4, -0.2) is 20.1 Å². The fourth-order valence-electron chi connectivity index (χ4n) is 1.88. The standard InChI is InChI=1S/C13H9ClFN3O2/c14-9-6-8(3-4-10(9)15)18-13(11(7-19)16-17-18)12-2-1-5-20-12/h1-6,19H,7H2. The predicted molar refractivity (Wildman–Crippen MR) is 70.0 cm³/mol. The Morgan fingerprint density at radius 1 is 1.35 bits per heavy atom. The first-order valence-corrected chi connectivity index (χ1v) is 6.13. The number of hydrogen-bond acceptors (Lipinski definition) is 4. The highest BCUT2D eigenvalue weighted by Gasteiger charge is 2.18. The van der Waals surface area contributed by atoms with Gasteiger partial charge in [0.05, 0.1) is 23.6 Å². The van der Waals surface area contributed by atoms with Crippen LogP contribution in [0.3, 0.4) is 0 Å². The summed E-state index contributed by atoms with van der Waals surface area (Å²) >= 11 is 5.77. The fraction of sp³-hybridized carbons (Fsp3) is 0.0769. The van der Waals surface area contributed by atoms with Gasteiger partial charge in [0, 0.05) is 0 Å². The van der Waals surface area contributed by atoms with Crippen molar-refractivity contribution in [3.05, 3.63) is 53.1 Å². The van der Waals surface area contributed by atoms with Gasteiger partial charge in [-0.15, -0.1) is 5.10 Å². The molecule has 3 rings (SSSR count). The number of hydrogen-bond donors (Lipinski definition) is 1. The lowest BCUT2D eigenvalue weighted by molar-refractivity contribution is 0.277. The quantitative estimate of drug-likeness (QED) is 0.806. The van der Waals surface area contributed by atoms with E-state index in [1.165, 1.54) is 29.1 Å². The molecule has 0 atom stereocenters. The molecule has 0 bridgehead atoms. The van der Waals surface area contributed by atoms with Crippen LogP contribution < -0.4 is 0 Å². The molecule has 0 radical (unpaired) electrons. The number of aliphatic hydroxyl groups excluding tert-OH is 1. The molecule has 1 N–H and O–H groups in total. The van der Waals surface area contributed by atoms with Crippen LogP contribution in [-0.2, 0) is 6.61 Å². The Labute approximate surface area is 118 Å². The van der Waals surface area contributed by atoms with Crippen molar-refractivity contribution in [1.82, 2.24) is 15.0 Å². The molecule has 3 aromatic rings. The maximum Gasteiger partial charge on any atom is 0.154 e. The third-order valence-electron chi connectivity index (χ3n) is 2.79. The minimum atomic E-state index is -0.516. The van der Waals surface area contributed by atoms with Gasteiger partial charge in [-0.25, -0.2) is 9.07 Å². The van der Waals surface area contributed by atoms with Gasteiger partial charge >= 0.3 is 0 Å². The number of furan rings is 1. The Hall–Kier alpha value is -2.18. The molecular weight excluding hydrogens is 285 g/mol. The van der Waals surface area contributed by atoms with E-state index in [0.717, 1.165) is 0 Å². The van der Waals surface area contributed by atoms with Crippen molar-refractivity contribution in [3.8, 4) is 17.1 Å². The topological polar surface area (TPSA) is 64.1 Å². The molecule has 7 heteroatoms. The smallest absolute Gasteiger partial charge is 0.154 e. The summed E-state index contributed by atoms with van der Waals surface area (Å²) in [4.78, 5) is 0. The summed E-state index contributed by atoms with van der Waals surface area (Å²) in [5.41, 5.74) is 1.38. The summed E-state index contributed by atoms with van der Waals surface area (Å²) in [5, 5.41) is 17.1. The van der Waals surface area contributed by atoms with E-state index < -0.39 is 5.82 Å². The normalized spacial score (nSPS) is 10.9. The average molecular weight is 294 g/mol. The van der Waals surface area contributed by atoms with Crippen LogP contribution in [0.25, 0.3) is 17.1 Å². The zero-order chi connectivity index (χ0) is 14.1. The third-order valence-corrected chi connectivity index (χ3v) is 3.08. The van der Waals surface area contributed by atoms with Crippen molar-refractivity contribution in [2.75, 3.05) is 0 Å². The third kappa shape index (κ3) is 2.09. The van der Waals surface area contributed by atoms with Crippen molar-refractivity contribution >= 4 is 11.6 Å². The van der Waals surface area contributed by atoms with Gasteiger partial charge in [-0.1, -0.05) is 16.8 Å². The molecule has 1 aromatic carbocycles. The van der Waals surface area contributed by atoms with Gasteiger partial charge in [-0.05, 0) is 30.3 Å². The van der Waals surface area contributed by atoms with Gasteiger partial charge in [0.25, 0.3) is 0 Å². The molecule has 0 saturated carbocycles. The molecule has 0 spiro atoms. The Bertz CT molecular complexity index is 740. The largest absolute Gasteiger partial charge is 0.463 e. The van der Waals surface area contributed by atoms with Gasteiger partial charge in [0.2, 0.25) is 0 Å². The second-order valence-corrected chi connectivity index (χ2v) is 4.44. The van der Waals surface area contributed by atoms with E-state index in [2.05, 4.69) is 10.3 Å². The van der Waals surface area contributed by atoms with Gasteiger partial charge in [-0.3, -0.25) is 0 Å². The lowest BCUT2D eigenvalue weighted by Gasteiger charge is -2.06. The molecule has 2 heterocycles. The van der Waals surface area contributed by atoms with Crippen LogP contribution in [0.4, 0.5) is 4.39 Å². The molecule has 0 saturated heterocycles. The van der Waals surface area contributed by atoms with Gasteiger partial charge in [0.15, 0.2) is 5.76 Å². The zero-order valence-electron chi connectivity index (χ0n) is 10.1. The lowest BCUT2D eigenvalue weighted by atomic mass is 10.2. The summed E-state index contributed by atoms with van der Waals surface area (Å²) < 4.78 is 20.0. The molecule has 0 amide bonds. The first-order chi connectivity index (χ1) is 9.70. The van der Waals surface area contributed by atoms with Gasteiger partial charge in [-0.2, -0.15) is 0 Å². The van der Waals surface area contributed by atoms with E-state index in [9.17, 15) is 9.50 Å². The summed E-state index contributed by atoms with van der Waals surface area (Å²) in [6.45, 7) is -0.287. The summed E-state index contributed by atoms with van der Waals surface area (Å²) in [7, 11) is 0. The van der Waals surface area contributed by atoms with E-state index >= 15 is 0 Å². The van der Waals surface area contributed by atoms with Crippen LogP contribution in [0.2, 0.25) is 5.02 Å². The molecule has 0 unspecified atom stereocenters. The number of benzene rings is 1. The fourth-order valence-corrected chi connectivity index (χ4v) is 2.05. The number of aromatic nitrogens is 3. The molecule has 0 fully saturated rings. The van der Waals surface area contributed by atoms with Crippen molar-refractivity contribution in [2.24, 2.45) is 0 Å². The van der Waals surface area contributed by atoms with E-state index in [1.54, 1.807) is 12.1 Å². The maximum atomic E-state index is 13.2. The number of rotatable bonds is 3. The summed E-state index contributed by atoms with van der Waals surface area (Å²) in [6, 6.07) is 7.62. The van der Waals surface area contributed by atoms with Crippen LogP contribution >= 0.6 is 11.6 Å². The molecule has 20 heavy (non-hydrogen) atoms. The Morgan fingerprint density at radius 2 is 2.20 bits per heavy atom. The second-order valence-electron chi connectivity index (χ2n) is 4.03. The molecule has 5 nitrogen and oxygen atoms in total. The highest BCUT2D eigenvalue weighted by molar-refractivity contribution is 6.30. The number of halogens is 2. The minimum Gasteiger partial charge on any atom is -0.463 e. The lowest BCUT2D eigenvalue weighted by Crippen LogP contribution is -2.00. The molecule has 102 valence electrons. The van der Waals surface area contributed by atoms with Crippen LogP contribution in [0.1, 0.15) is 5.69 Å². The monoisotopic (exact) mass is 293 g/mol. The molecule has 0 aliphatic heterocycles. The van der Waals surface area contributed by atoms with E-state index in [4.69, 9.17) is 16.0 Å². The van der Waals surface area contributed by atoms with Crippen molar-refractivity contribution in [2.45, 2.75) is 6.61 Å². The minimum absolute atomic E-state index is 0.0195. The van der Waals surface area contributed by atoms with E-state index in [1.807, 2.05) is 0 Å². The Balaban J connectivity index is 2.19. The van der Waals surface area contributed by atoms with Crippen LogP contribution in [0.15, 0.2) is 41.0 Å². The average Bonchev–Trinajstić information content (AvgIpc) is 3.09. The van der Waals surface area contributed by atoms with Gasteiger partial charge < -0.3 is 9.52 Å². The Morgan fingerprint density at radius 3 is 2.85 bits per heavy atom. The van der Waals surface area contributed by atoms with E-state index in [0.29, 0.717) is 22.8 Å². The summed E-state index contributed by atoms with van der Waals surface area (Å²) in [5.74, 6) is -0.0167. The maximum absolute atomic E-state index is 13.2. The number of aliphatic hydroxyl groups is 1.